The molecule has 0 radical (unpaired) electrons. The van der Waals surface area contributed by atoms with Crippen molar-refractivity contribution in [2.24, 2.45) is 0 Å². The van der Waals surface area contributed by atoms with Crippen LogP contribution in [0.5, 0.6) is 0 Å². The van der Waals surface area contributed by atoms with Crippen molar-refractivity contribution in [2.75, 3.05) is 0 Å². The minimum Gasteiger partial charge on any atom is -0.298 e. The summed E-state index contributed by atoms with van der Waals surface area (Å²) in [4.78, 5) is 10.2. The predicted molar refractivity (Wildman–Crippen MR) is 45.9 cm³/mol. The first-order chi connectivity index (χ1) is 7.40. The van der Waals surface area contributed by atoms with Crippen LogP contribution in [-0.4, -0.2) is 6.29 Å². The Balaban J connectivity index is 3.58. The third-order valence-electron chi connectivity index (χ3n) is 1.80. The van der Waals surface area contributed by atoms with Gasteiger partial charge in [-0.2, -0.15) is 0 Å². The van der Waals surface area contributed by atoms with E-state index in [9.17, 15) is 26.7 Å². The normalized spacial score (nSPS) is 11.8. The lowest BCUT2D eigenvalue weighted by Gasteiger charge is -2.04. The van der Waals surface area contributed by atoms with Gasteiger partial charge in [0, 0.05) is 0 Å². The second-order valence-electron chi connectivity index (χ2n) is 2.99. The second kappa shape index (κ2) is 4.42. The Kier molecular flexibility index (Phi) is 3.41. The summed E-state index contributed by atoms with van der Waals surface area (Å²) in [6, 6.07) is 0. The molecule has 1 aromatic rings. The van der Waals surface area contributed by atoms with Crippen LogP contribution in [0.15, 0.2) is 5.57 Å². The van der Waals surface area contributed by atoms with E-state index in [1.807, 2.05) is 0 Å². The molecule has 0 spiro atoms. The van der Waals surface area contributed by atoms with Gasteiger partial charge in [-0.05, 0) is 18.6 Å². The lowest BCUT2D eigenvalue weighted by Crippen LogP contribution is -2.04. The van der Waals surface area contributed by atoms with Gasteiger partial charge >= 0.3 is 0 Å². The van der Waals surface area contributed by atoms with Crippen molar-refractivity contribution in [1.29, 1.82) is 0 Å². The topological polar surface area (TPSA) is 17.1 Å². The summed E-state index contributed by atoms with van der Waals surface area (Å²) in [5.41, 5.74) is -1.29. The number of halogens is 5. The summed E-state index contributed by atoms with van der Waals surface area (Å²) in [7, 11) is 0. The zero-order chi connectivity index (χ0) is 12.5. The Hall–Kier alpha value is -1.72. The summed E-state index contributed by atoms with van der Waals surface area (Å²) in [6.07, 6.45) is 0.821. The molecule has 0 aliphatic rings. The van der Waals surface area contributed by atoms with E-state index in [2.05, 4.69) is 0 Å². The maximum Gasteiger partial charge on any atom is 0.200 e. The molecule has 1 nitrogen and oxygen atoms in total. The number of hydrogen-bond acceptors (Lipinski definition) is 1. The maximum atomic E-state index is 13.0. The molecule has 0 atom stereocenters. The SMILES string of the molecule is CC(C=O)=Cc1c(F)c(F)c(F)c(F)c1F. The van der Waals surface area contributed by atoms with Crippen molar-refractivity contribution in [1.82, 2.24) is 0 Å². The van der Waals surface area contributed by atoms with Crippen LogP contribution in [-0.2, 0) is 4.79 Å². The summed E-state index contributed by atoms with van der Waals surface area (Å²) in [6.45, 7) is 1.17. The number of benzene rings is 1. The summed E-state index contributed by atoms with van der Waals surface area (Å²) in [5.74, 6) is -10.2. The summed E-state index contributed by atoms with van der Waals surface area (Å²) < 4.78 is 64.0. The number of rotatable bonds is 2. The van der Waals surface area contributed by atoms with Crippen molar-refractivity contribution in [2.45, 2.75) is 6.92 Å². The molecule has 0 aromatic heterocycles. The van der Waals surface area contributed by atoms with E-state index in [4.69, 9.17) is 0 Å². The van der Waals surface area contributed by atoms with E-state index >= 15 is 0 Å². The van der Waals surface area contributed by atoms with Crippen LogP contribution in [0.3, 0.4) is 0 Å². The lowest BCUT2D eigenvalue weighted by molar-refractivity contribution is -0.104. The van der Waals surface area contributed by atoms with Gasteiger partial charge in [0.1, 0.15) is 6.29 Å². The molecule has 1 aromatic carbocycles. The molecule has 86 valence electrons. The molecular formula is C10H5F5O. The van der Waals surface area contributed by atoms with Crippen LogP contribution in [0.25, 0.3) is 6.08 Å². The van der Waals surface area contributed by atoms with Crippen LogP contribution >= 0.6 is 0 Å². The Morgan fingerprint density at radius 2 is 1.25 bits per heavy atom. The third kappa shape index (κ3) is 1.95. The molecule has 16 heavy (non-hydrogen) atoms. The number of hydrogen-bond donors (Lipinski definition) is 0. The highest BCUT2D eigenvalue weighted by Crippen LogP contribution is 2.24. The highest BCUT2D eigenvalue weighted by atomic mass is 19.2. The fourth-order valence-electron chi connectivity index (χ4n) is 1.01. The monoisotopic (exact) mass is 236 g/mol. The first-order valence-electron chi connectivity index (χ1n) is 4.05. The van der Waals surface area contributed by atoms with Crippen LogP contribution < -0.4 is 0 Å². The van der Waals surface area contributed by atoms with Gasteiger partial charge in [0.2, 0.25) is 5.82 Å². The van der Waals surface area contributed by atoms with Gasteiger partial charge in [-0.1, -0.05) is 0 Å². The smallest absolute Gasteiger partial charge is 0.200 e. The Bertz CT molecular complexity index is 450. The van der Waals surface area contributed by atoms with Crippen molar-refractivity contribution in [3.63, 3.8) is 0 Å². The number of allylic oxidation sites excluding steroid dienone is 1. The fraction of sp³-hybridized carbons (Fsp3) is 0.100. The van der Waals surface area contributed by atoms with Crippen molar-refractivity contribution >= 4 is 12.4 Å². The maximum absolute atomic E-state index is 13.0. The number of aldehydes is 1. The molecule has 0 fully saturated rings. The highest BCUT2D eigenvalue weighted by molar-refractivity contribution is 5.80. The summed E-state index contributed by atoms with van der Waals surface area (Å²) >= 11 is 0. The third-order valence-corrected chi connectivity index (χ3v) is 1.80. The van der Waals surface area contributed by atoms with Crippen LogP contribution in [0, 0.1) is 29.1 Å². The Morgan fingerprint density at radius 3 is 1.62 bits per heavy atom. The molecule has 0 N–H and O–H groups in total. The van der Waals surface area contributed by atoms with Gasteiger partial charge in [0.15, 0.2) is 23.3 Å². The van der Waals surface area contributed by atoms with Gasteiger partial charge in [0.25, 0.3) is 0 Å². The standard InChI is InChI=1S/C10H5F5O/c1-4(3-16)2-5-6(11)8(13)10(15)9(14)7(5)12/h2-3H,1H3. The fourth-order valence-corrected chi connectivity index (χ4v) is 1.01. The quantitative estimate of drug-likeness (QED) is 0.253. The van der Waals surface area contributed by atoms with Crippen LogP contribution in [0.4, 0.5) is 22.0 Å². The molecule has 1 rings (SSSR count). The minimum atomic E-state index is -2.23. The van der Waals surface area contributed by atoms with Gasteiger partial charge in [0.05, 0.1) is 5.56 Å². The molecular weight excluding hydrogens is 231 g/mol. The number of carbonyl (C=O) groups excluding carboxylic acids is 1. The average molecular weight is 236 g/mol. The molecule has 0 bridgehead atoms. The van der Waals surface area contributed by atoms with Crippen LogP contribution in [0.1, 0.15) is 12.5 Å². The second-order valence-corrected chi connectivity index (χ2v) is 2.99. The largest absolute Gasteiger partial charge is 0.298 e. The van der Waals surface area contributed by atoms with Crippen molar-refractivity contribution in [3.05, 3.63) is 40.2 Å². The van der Waals surface area contributed by atoms with Gasteiger partial charge in [-0.25, -0.2) is 22.0 Å². The molecule has 0 saturated heterocycles. The van der Waals surface area contributed by atoms with Crippen LogP contribution in [0.2, 0.25) is 0 Å². The average Bonchev–Trinajstić information content (AvgIpc) is 2.29. The Morgan fingerprint density at radius 1 is 0.875 bits per heavy atom. The molecule has 6 heteroatoms. The molecule has 0 saturated carbocycles. The molecule has 0 aliphatic carbocycles. The van der Waals surface area contributed by atoms with E-state index < -0.39 is 34.6 Å². The van der Waals surface area contributed by atoms with Gasteiger partial charge < -0.3 is 0 Å². The van der Waals surface area contributed by atoms with E-state index in [1.54, 1.807) is 0 Å². The van der Waals surface area contributed by atoms with E-state index in [1.165, 1.54) is 6.92 Å². The molecule has 0 aliphatic heterocycles. The first kappa shape index (κ1) is 12.4. The first-order valence-corrected chi connectivity index (χ1v) is 4.05. The molecule has 0 heterocycles. The van der Waals surface area contributed by atoms with Crippen molar-refractivity contribution < 1.29 is 26.7 Å². The zero-order valence-electron chi connectivity index (χ0n) is 7.95. The molecule has 0 unspecified atom stereocenters. The summed E-state index contributed by atoms with van der Waals surface area (Å²) in [5, 5.41) is 0. The van der Waals surface area contributed by atoms with E-state index in [-0.39, 0.29) is 11.9 Å². The number of carbonyl (C=O) groups is 1. The lowest BCUT2D eigenvalue weighted by atomic mass is 10.1. The van der Waals surface area contributed by atoms with Gasteiger partial charge in [-0.15, -0.1) is 0 Å². The van der Waals surface area contributed by atoms with E-state index in [0.29, 0.717) is 6.08 Å². The predicted octanol–water partition coefficient (Wildman–Crippen LogP) is 2.98. The van der Waals surface area contributed by atoms with Gasteiger partial charge in [-0.3, -0.25) is 4.79 Å². The minimum absolute atomic E-state index is 0.164. The Labute approximate surface area is 87.2 Å². The zero-order valence-corrected chi connectivity index (χ0v) is 7.95. The highest BCUT2D eigenvalue weighted by Gasteiger charge is 2.24. The molecule has 0 amide bonds. The van der Waals surface area contributed by atoms with Crippen molar-refractivity contribution in [3.8, 4) is 0 Å². The van der Waals surface area contributed by atoms with E-state index in [0.717, 1.165) is 0 Å².